The first kappa shape index (κ1) is 19.0. The van der Waals surface area contributed by atoms with Crippen LogP contribution in [-0.4, -0.2) is 50.6 Å². The van der Waals surface area contributed by atoms with E-state index in [0.717, 1.165) is 32.0 Å². The predicted molar refractivity (Wildman–Crippen MR) is 99.1 cm³/mol. The molecule has 0 radical (unpaired) electrons. The first-order valence-electron chi connectivity index (χ1n) is 8.21. The molecule has 0 amide bonds. The fourth-order valence-corrected chi connectivity index (χ4v) is 2.88. The lowest BCUT2D eigenvalue weighted by Crippen LogP contribution is -2.39. The molecular formula is C17H32N4S. The van der Waals surface area contributed by atoms with Gasteiger partial charge in [-0.1, -0.05) is 6.92 Å². The van der Waals surface area contributed by atoms with Crippen molar-refractivity contribution in [2.24, 2.45) is 4.99 Å². The summed E-state index contributed by atoms with van der Waals surface area (Å²) in [4.78, 5) is 6.67. The summed E-state index contributed by atoms with van der Waals surface area (Å²) in [5.74, 6) is 1.41. The van der Waals surface area contributed by atoms with Crippen molar-refractivity contribution < 1.29 is 0 Å². The Hall–Kier alpha value is -1.07. The average Bonchev–Trinajstić information content (AvgIpc) is 3.03. The van der Waals surface area contributed by atoms with Crippen molar-refractivity contribution >= 4 is 17.3 Å². The molecule has 1 atom stereocenters. The summed E-state index contributed by atoms with van der Waals surface area (Å²) < 4.78 is 0. The van der Waals surface area contributed by atoms with Crippen molar-refractivity contribution in [1.82, 2.24) is 15.5 Å². The van der Waals surface area contributed by atoms with Crippen molar-refractivity contribution in [1.29, 1.82) is 0 Å². The lowest BCUT2D eigenvalue weighted by molar-refractivity contribution is 0.268. The van der Waals surface area contributed by atoms with Gasteiger partial charge in [-0.05, 0) is 68.6 Å². The van der Waals surface area contributed by atoms with Gasteiger partial charge in [0.2, 0.25) is 0 Å². The molecule has 0 spiro atoms. The molecule has 0 aliphatic carbocycles. The number of hydrogen-bond acceptors (Lipinski definition) is 3. The second-order valence-corrected chi connectivity index (χ2v) is 6.90. The summed E-state index contributed by atoms with van der Waals surface area (Å²) in [5.41, 5.74) is 1.39. The van der Waals surface area contributed by atoms with Gasteiger partial charge in [-0.3, -0.25) is 4.99 Å². The summed E-state index contributed by atoms with van der Waals surface area (Å²) in [6.45, 7) is 9.74. The topological polar surface area (TPSA) is 39.7 Å². The highest BCUT2D eigenvalue weighted by Gasteiger charge is 2.07. The molecule has 0 aromatic carbocycles. The number of aliphatic imine (C=N–C) groups is 1. The van der Waals surface area contributed by atoms with Crippen molar-refractivity contribution in [2.75, 3.05) is 33.7 Å². The second-order valence-electron chi connectivity index (χ2n) is 6.12. The van der Waals surface area contributed by atoms with Gasteiger partial charge in [0.25, 0.3) is 0 Å². The summed E-state index contributed by atoms with van der Waals surface area (Å²) in [6, 6.07) is 2.82. The Morgan fingerprint density at radius 2 is 2.05 bits per heavy atom. The van der Waals surface area contributed by atoms with E-state index in [4.69, 9.17) is 0 Å². The summed E-state index contributed by atoms with van der Waals surface area (Å²) in [6.07, 6.45) is 2.38. The van der Waals surface area contributed by atoms with Gasteiger partial charge in [-0.15, -0.1) is 0 Å². The van der Waals surface area contributed by atoms with Crippen LogP contribution in [0, 0.1) is 0 Å². The zero-order valence-corrected chi connectivity index (χ0v) is 15.5. The molecule has 22 heavy (non-hydrogen) atoms. The molecule has 0 saturated carbocycles. The van der Waals surface area contributed by atoms with Crippen molar-refractivity contribution in [3.05, 3.63) is 22.4 Å². The normalized spacial score (nSPS) is 13.7. The smallest absolute Gasteiger partial charge is 0.190 e. The molecule has 1 unspecified atom stereocenters. The number of unbranched alkanes of at least 4 members (excludes halogenated alkanes) is 1. The van der Waals surface area contributed by atoms with Crippen molar-refractivity contribution in [2.45, 2.75) is 45.6 Å². The van der Waals surface area contributed by atoms with Crippen LogP contribution in [0.25, 0.3) is 0 Å². The van der Waals surface area contributed by atoms with E-state index in [1.54, 1.807) is 11.3 Å². The Morgan fingerprint density at radius 1 is 1.27 bits per heavy atom. The molecule has 0 saturated heterocycles. The monoisotopic (exact) mass is 324 g/mol. The Kier molecular flexibility index (Phi) is 9.16. The largest absolute Gasteiger partial charge is 0.356 e. The maximum atomic E-state index is 4.29. The minimum absolute atomic E-state index is 0.504. The number of thiophene rings is 1. The highest BCUT2D eigenvalue weighted by Crippen LogP contribution is 2.16. The van der Waals surface area contributed by atoms with Crippen LogP contribution < -0.4 is 10.6 Å². The molecular weight excluding hydrogens is 292 g/mol. The molecule has 1 rings (SSSR count). The zero-order chi connectivity index (χ0) is 16.4. The highest BCUT2D eigenvalue weighted by atomic mass is 32.1. The first-order chi connectivity index (χ1) is 10.5. The Morgan fingerprint density at radius 3 is 2.64 bits per heavy atom. The summed E-state index contributed by atoms with van der Waals surface area (Å²) in [5, 5.41) is 11.2. The molecule has 1 aromatic rings. The van der Waals surface area contributed by atoms with Crippen molar-refractivity contribution in [3.8, 4) is 0 Å². The molecule has 2 N–H and O–H groups in total. The SMILES string of the molecule is CN=C(NCCCCN(C)C(C)C)NCC(C)c1ccsc1. The van der Waals surface area contributed by atoms with Gasteiger partial charge in [0.05, 0.1) is 0 Å². The third-order valence-electron chi connectivity index (χ3n) is 4.02. The van der Waals surface area contributed by atoms with Gasteiger partial charge in [-0.2, -0.15) is 11.3 Å². The minimum Gasteiger partial charge on any atom is -0.356 e. The quantitative estimate of drug-likeness (QED) is 0.416. The van der Waals surface area contributed by atoms with Crippen molar-refractivity contribution in [3.63, 3.8) is 0 Å². The lowest BCUT2D eigenvalue weighted by Gasteiger charge is -2.21. The van der Waals surface area contributed by atoms with Crippen LogP contribution in [0.5, 0.6) is 0 Å². The molecule has 4 nitrogen and oxygen atoms in total. The molecule has 0 fully saturated rings. The fraction of sp³-hybridized carbons (Fsp3) is 0.706. The second kappa shape index (κ2) is 10.6. The maximum Gasteiger partial charge on any atom is 0.190 e. The molecule has 126 valence electrons. The molecule has 5 heteroatoms. The Bertz CT molecular complexity index is 414. The van der Waals surface area contributed by atoms with Crippen LogP contribution in [0.4, 0.5) is 0 Å². The molecule has 1 aromatic heterocycles. The van der Waals surface area contributed by atoms with E-state index in [1.165, 1.54) is 12.0 Å². The molecule has 0 aliphatic rings. The molecule has 1 heterocycles. The number of nitrogens with one attached hydrogen (secondary N) is 2. The fourth-order valence-electron chi connectivity index (χ4n) is 2.09. The molecule has 0 bridgehead atoms. The van der Waals surface area contributed by atoms with Gasteiger partial charge in [-0.25, -0.2) is 0 Å². The highest BCUT2D eigenvalue weighted by molar-refractivity contribution is 7.07. The van der Waals surface area contributed by atoms with Crippen LogP contribution >= 0.6 is 11.3 Å². The average molecular weight is 325 g/mol. The Labute approximate surface area is 140 Å². The van der Waals surface area contributed by atoms with Gasteiger partial charge in [0.1, 0.15) is 0 Å². The first-order valence-corrected chi connectivity index (χ1v) is 9.15. The Balaban J connectivity index is 2.15. The lowest BCUT2D eigenvalue weighted by atomic mass is 10.1. The number of guanidine groups is 1. The maximum absolute atomic E-state index is 4.29. The summed E-state index contributed by atoms with van der Waals surface area (Å²) in [7, 11) is 4.02. The van der Waals surface area contributed by atoms with Gasteiger partial charge in [0.15, 0.2) is 5.96 Å². The number of hydrogen-bond donors (Lipinski definition) is 2. The number of rotatable bonds is 9. The summed E-state index contributed by atoms with van der Waals surface area (Å²) >= 11 is 1.75. The third kappa shape index (κ3) is 7.27. The zero-order valence-electron chi connectivity index (χ0n) is 14.7. The van der Waals surface area contributed by atoms with Crippen LogP contribution in [0.15, 0.2) is 21.8 Å². The van der Waals surface area contributed by atoms with Crippen LogP contribution in [-0.2, 0) is 0 Å². The van der Waals surface area contributed by atoms with Crippen LogP contribution in [0.3, 0.4) is 0 Å². The standard InChI is InChI=1S/C17H32N4S/c1-14(2)21(5)10-7-6-9-19-17(18-4)20-12-15(3)16-8-11-22-13-16/h8,11,13-15H,6-7,9-10,12H2,1-5H3,(H2,18,19,20). The van der Waals surface area contributed by atoms with E-state index in [-0.39, 0.29) is 0 Å². The molecule has 0 aliphatic heterocycles. The van der Waals surface area contributed by atoms with Gasteiger partial charge >= 0.3 is 0 Å². The van der Waals surface area contributed by atoms with Crippen LogP contribution in [0.1, 0.15) is 45.1 Å². The minimum atomic E-state index is 0.504. The van der Waals surface area contributed by atoms with E-state index >= 15 is 0 Å². The van der Waals surface area contributed by atoms with E-state index in [9.17, 15) is 0 Å². The van der Waals surface area contributed by atoms with Gasteiger partial charge in [0, 0.05) is 26.2 Å². The van der Waals surface area contributed by atoms with Crippen LogP contribution in [0.2, 0.25) is 0 Å². The van der Waals surface area contributed by atoms with E-state index in [2.05, 4.69) is 65.2 Å². The van der Waals surface area contributed by atoms with Gasteiger partial charge < -0.3 is 15.5 Å². The predicted octanol–water partition coefficient (Wildman–Crippen LogP) is 3.14. The van der Waals surface area contributed by atoms with E-state index < -0.39 is 0 Å². The number of nitrogens with zero attached hydrogens (tertiary/aromatic N) is 2. The van der Waals surface area contributed by atoms with E-state index in [1.807, 2.05) is 7.05 Å². The third-order valence-corrected chi connectivity index (χ3v) is 4.72. The van der Waals surface area contributed by atoms with E-state index in [0.29, 0.717) is 12.0 Å².